The first-order valence-corrected chi connectivity index (χ1v) is 6.78. The number of hydrogen-bond acceptors (Lipinski definition) is 7. The van der Waals surface area contributed by atoms with Gasteiger partial charge < -0.3 is 23.7 Å². The SMILES string of the molecule is CCOC(=O)COc1cccc2oc(=O)c(OCC)c(O)c12. The first kappa shape index (κ1) is 15.7. The van der Waals surface area contributed by atoms with Gasteiger partial charge in [-0.1, -0.05) is 6.07 Å². The third kappa shape index (κ3) is 3.13. The molecular formula is C15H16O7. The van der Waals surface area contributed by atoms with E-state index in [1.54, 1.807) is 19.9 Å². The quantitative estimate of drug-likeness (QED) is 0.642. The smallest absolute Gasteiger partial charge is 0.383 e. The van der Waals surface area contributed by atoms with E-state index in [1.807, 2.05) is 0 Å². The molecule has 0 radical (unpaired) electrons. The van der Waals surface area contributed by atoms with Crippen molar-refractivity contribution in [2.45, 2.75) is 13.8 Å². The molecule has 0 aliphatic rings. The standard InChI is InChI=1S/C15H16O7/c1-3-19-11(16)8-21-9-6-5-7-10-12(9)13(17)14(20-4-2)15(18)22-10/h5-7,17H,3-4,8H2,1-2H3. The molecule has 0 spiro atoms. The molecule has 1 aromatic heterocycles. The lowest BCUT2D eigenvalue weighted by molar-refractivity contribution is -0.145. The minimum atomic E-state index is -0.783. The molecule has 0 aliphatic carbocycles. The number of hydrogen-bond donors (Lipinski definition) is 1. The summed E-state index contributed by atoms with van der Waals surface area (Å²) >= 11 is 0. The largest absolute Gasteiger partial charge is 0.503 e. The van der Waals surface area contributed by atoms with Gasteiger partial charge in [0, 0.05) is 0 Å². The van der Waals surface area contributed by atoms with Gasteiger partial charge in [0.1, 0.15) is 16.7 Å². The number of benzene rings is 1. The van der Waals surface area contributed by atoms with Crippen LogP contribution in [0.5, 0.6) is 17.2 Å². The Morgan fingerprint density at radius 3 is 2.68 bits per heavy atom. The van der Waals surface area contributed by atoms with Gasteiger partial charge in [-0.3, -0.25) is 0 Å². The van der Waals surface area contributed by atoms with Crippen LogP contribution in [0, 0.1) is 0 Å². The van der Waals surface area contributed by atoms with Crippen molar-refractivity contribution in [1.29, 1.82) is 0 Å². The molecule has 7 heteroatoms. The number of esters is 1. The molecule has 118 valence electrons. The van der Waals surface area contributed by atoms with Gasteiger partial charge in [0.25, 0.3) is 0 Å². The van der Waals surface area contributed by atoms with Gasteiger partial charge in [0.05, 0.1) is 13.2 Å². The molecule has 0 unspecified atom stereocenters. The Kier molecular flexibility index (Phi) is 4.88. The van der Waals surface area contributed by atoms with Crippen molar-refractivity contribution in [2.75, 3.05) is 19.8 Å². The highest BCUT2D eigenvalue weighted by Gasteiger charge is 2.19. The van der Waals surface area contributed by atoms with Gasteiger partial charge in [0.15, 0.2) is 12.4 Å². The van der Waals surface area contributed by atoms with Crippen LogP contribution >= 0.6 is 0 Å². The van der Waals surface area contributed by atoms with Crippen LogP contribution in [0.15, 0.2) is 27.4 Å². The van der Waals surface area contributed by atoms with E-state index in [1.165, 1.54) is 12.1 Å². The van der Waals surface area contributed by atoms with Gasteiger partial charge in [-0.2, -0.15) is 0 Å². The number of aromatic hydroxyl groups is 1. The highest BCUT2D eigenvalue weighted by atomic mass is 16.6. The number of carbonyl (C=O) groups excluding carboxylic acids is 1. The summed E-state index contributed by atoms with van der Waals surface area (Å²) in [7, 11) is 0. The third-order valence-electron chi connectivity index (χ3n) is 2.77. The molecule has 2 aromatic rings. The van der Waals surface area contributed by atoms with E-state index >= 15 is 0 Å². The molecule has 7 nitrogen and oxygen atoms in total. The highest BCUT2D eigenvalue weighted by Crippen LogP contribution is 2.37. The van der Waals surface area contributed by atoms with E-state index in [0.717, 1.165) is 0 Å². The van der Waals surface area contributed by atoms with E-state index in [-0.39, 0.29) is 48.0 Å². The van der Waals surface area contributed by atoms with Crippen LogP contribution < -0.4 is 15.1 Å². The summed E-state index contributed by atoms with van der Waals surface area (Å²) in [4.78, 5) is 23.1. The Labute approximate surface area is 126 Å². The van der Waals surface area contributed by atoms with Gasteiger partial charge in [-0.05, 0) is 26.0 Å². The summed E-state index contributed by atoms with van der Waals surface area (Å²) < 4.78 is 20.3. The molecule has 0 aliphatic heterocycles. The van der Waals surface area contributed by atoms with Crippen LogP contribution in [0.25, 0.3) is 11.0 Å². The summed E-state index contributed by atoms with van der Waals surface area (Å²) in [6, 6.07) is 4.62. The summed E-state index contributed by atoms with van der Waals surface area (Å²) in [6.07, 6.45) is 0. The van der Waals surface area contributed by atoms with Crippen LogP contribution in [0.4, 0.5) is 0 Å². The van der Waals surface area contributed by atoms with E-state index < -0.39 is 11.6 Å². The fraction of sp³-hybridized carbons (Fsp3) is 0.333. The fourth-order valence-corrected chi connectivity index (χ4v) is 1.92. The summed E-state index contributed by atoms with van der Waals surface area (Å²) in [5.41, 5.74) is -0.651. The second-order valence-electron chi connectivity index (χ2n) is 4.22. The number of carbonyl (C=O) groups is 1. The third-order valence-corrected chi connectivity index (χ3v) is 2.77. The van der Waals surface area contributed by atoms with Crippen LogP contribution in [0.1, 0.15) is 13.8 Å². The molecule has 1 aromatic carbocycles. The van der Waals surface area contributed by atoms with E-state index in [4.69, 9.17) is 18.6 Å². The molecule has 0 saturated heterocycles. The molecule has 1 heterocycles. The first-order chi connectivity index (χ1) is 10.6. The Morgan fingerprint density at radius 1 is 1.23 bits per heavy atom. The maximum Gasteiger partial charge on any atom is 0.383 e. The summed E-state index contributed by atoms with van der Waals surface area (Å²) in [6.45, 7) is 3.47. The lowest BCUT2D eigenvalue weighted by atomic mass is 10.2. The average Bonchev–Trinajstić information content (AvgIpc) is 2.49. The molecule has 22 heavy (non-hydrogen) atoms. The first-order valence-electron chi connectivity index (χ1n) is 6.78. The molecule has 0 fully saturated rings. The second-order valence-corrected chi connectivity index (χ2v) is 4.22. The normalized spacial score (nSPS) is 10.5. The van der Waals surface area contributed by atoms with Crippen molar-refractivity contribution in [3.63, 3.8) is 0 Å². The Balaban J connectivity index is 2.44. The van der Waals surface area contributed by atoms with E-state index in [2.05, 4.69) is 0 Å². The molecule has 1 N–H and O–H groups in total. The predicted molar refractivity (Wildman–Crippen MR) is 77.4 cm³/mol. The van der Waals surface area contributed by atoms with E-state index in [0.29, 0.717) is 0 Å². The average molecular weight is 308 g/mol. The Bertz CT molecular complexity index is 732. The topological polar surface area (TPSA) is 95.2 Å². The molecule has 0 bridgehead atoms. The Hall–Kier alpha value is -2.70. The molecular weight excluding hydrogens is 292 g/mol. The van der Waals surface area contributed by atoms with Crippen molar-refractivity contribution in [1.82, 2.24) is 0 Å². The summed E-state index contributed by atoms with van der Waals surface area (Å²) in [5.74, 6) is -1.02. The van der Waals surface area contributed by atoms with Crippen molar-refractivity contribution in [3.8, 4) is 17.2 Å². The fourth-order valence-electron chi connectivity index (χ4n) is 1.92. The number of fused-ring (bicyclic) bond motifs is 1. The van der Waals surface area contributed by atoms with Crippen LogP contribution in [0.3, 0.4) is 0 Å². The van der Waals surface area contributed by atoms with Gasteiger partial charge in [-0.15, -0.1) is 0 Å². The van der Waals surface area contributed by atoms with Crippen LogP contribution in [-0.4, -0.2) is 30.9 Å². The van der Waals surface area contributed by atoms with Gasteiger partial charge >= 0.3 is 11.6 Å². The maximum atomic E-state index is 11.7. The lowest BCUT2D eigenvalue weighted by Gasteiger charge is -2.11. The second kappa shape index (κ2) is 6.84. The molecule has 0 atom stereocenters. The number of rotatable bonds is 6. The lowest BCUT2D eigenvalue weighted by Crippen LogP contribution is -2.15. The zero-order valence-electron chi connectivity index (χ0n) is 12.3. The predicted octanol–water partition coefficient (Wildman–Crippen LogP) is 1.84. The zero-order chi connectivity index (χ0) is 16.1. The maximum absolute atomic E-state index is 11.7. The summed E-state index contributed by atoms with van der Waals surface area (Å²) in [5, 5.41) is 10.4. The van der Waals surface area contributed by atoms with Crippen molar-refractivity contribution >= 4 is 16.9 Å². The molecule has 2 rings (SSSR count). The minimum absolute atomic E-state index is 0.132. The van der Waals surface area contributed by atoms with Crippen molar-refractivity contribution < 1.29 is 28.5 Å². The highest BCUT2D eigenvalue weighted by molar-refractivity contribution is 5.91. The monoisotopic (exact) mass is 308 g/mol. The van der Waals surface area contributed by atoms with Crippen molar-refractivity contribution in [2.24, 2.45) is 0 Å². The zero-order valence-corrected chi connectivity index (χ0v) is 12.3. The van der Waals surface area contributed by atoms with Gasteiger partial charge in [-0.25, -0.2) is 9.59 Å². The molecule has 0 saturated carbocycles. The van der Waals surface area contributed by atoms with E-state index in [9.17, 15) is 14.7 Å². The van der Waals surface area contributed by atoms with Crippen molar-refractivity contribution in [3.05, 3.63) is 28.6 Å². The Morgan fingerprint density at radius 2 is 2.00 bits per heavy atom. The number of ether oxygens (including phenoxy) is 3. The van der Waals surface area contributed by atoms with Gasteiger partial charge in [0.2, 0.25) is 5.75 Å². The van der Waals surface area contributed by atoms with Crippen LogP contribution in [0.2, 0.25) is 0 Å². The minimum Gasteiger partial charge on any atom is -0.503 e. The molecule has 0 amide bonds. The van der Waals surface area contributed by atoms with Crippen LogP contribution in [-0.2, 0) is 9.53 Å².